The standard InChI is InChI=1S/C25H24N2O3S/c28-24(23(19-9-3-1-4-10-19)31-20-11-5-2-6-12-20)26-22-14-8-7-13-21(22)25(29)27-15-17-30-18-16-27/h1-14,23H,15-18H2,(H,26,28)/t23-/m1/s1. The van der Waals surface area contributed by atoms with Crippen LogP contribution in [0.15, 0.2) is 89.8 Å². The Morgan fingerprint density at radius 3 is 2.16 bits per heavy atom. The first-order valence-electron chi connectivity index (χ1n) is 10.3. The molecule has 1 aliphatic rings. The Kier molecular flexibility index (Phi) is 7.02. The lowest BCUT2D eigenvalue weighted by atomic mass is 10.1. The zero-order chi connectivity index (χ0) is 21.5. The summed E-state index contributed by atoms with van der Waals surface area (Å²) in [5, 5.41) is 2.56. The van der Waals surface area contributed by atoms with Crippen molar-refractivity contribution in [3.63, 3.8) is 0 Å². The Morgan fingerprint density at radius 2 is 1.45 bits per heavy atom. The maximum absolute atomic E-state index is 13.4. The molecule has 3 aromatic carbocycles. The van der Waals surface area contributed by atoms with Crippen molar-refractivity contribution in [2.45, 2.75) is 10.1 Å². The fraction of sp³-hybridized carbons (Fsp3) is 0.200. The van der Waals surface area contributed by atoms with Gasteiger partial charge in [-0.2, -0.15) is 0 Å². The number of carbonyl (C=O) groups is 2. The Hall–Kier alpha value is -3.09. The highest BCUT2D eigenvalue weighted by atomic mass is 32.2. The number of nitrogens with zero attached hydrogens (tertiary/aromatic N) is 1. The fourth-order valence-electron chi connectivity index (χ4n) is 3.45. The maximum Gasteiger partial charge on any atom is 0.256 e. The molecule has 0 aromatic heterocycles. The molecule has 0 bridgehead atoms. The van der Waals surface area contributed by atoms with Crippen molar-refractivity contribution in [2.24, 2.45) is 0 Å². The van der Waals surface area contributed by atoms with Crippen molar-refractivity contribution >= 4 is 29.3 Å². The third-order valence-corrected chi connectivity index (χ3v) is 6.32. The van der Waals surface area contributed by atoms with Crippen LogP contribution in [-0.2, 0) is 9.53 Å². The number of benzene rings is 3. The minimum absolute atomic E-state index is 0.0915. The second-order valence-electron chi connectivity index (χ2n) is 7.16. The number of thioether (sulfide) groups is 1. The van der Waals surface area contributed by atoms with Crippen LogP contribution in [0.25, 0.3) is 0 Å². The average molecular weight is 433 g/mol. The summed E-state index contributed by atoms with van der Waals surface area (Å²) < 4.78 is 5.35. The van der Waals surface area contributed by atoms with Crippen LogP contribution in [0.5, 0.6) is 0 Å². The van der Waals surface area contributed by atoms with E-state index in [-0.39, 0.29) is 11.8 Å². The number of amides is 2. The van der Waals surface area contributed by atoms with Crippen LogP contribution < -0.4 is 5.32 Å². The largest absolute Gasteiger partial charge is 0.378 e. The van der Waals surface area contributed by atoms with Gasteiger partial charge in [0.2, 0.25) is 5.91 Å². The predicted molar refractivity (Wildman–Crippen MR) is 123 cm³/mol. The van der Waals surface area contributed by atoms with Crippen LogP contribution in [0.3, 0.4) is 0 Å². The molecule has 31 heavy (non-hydrogen) atoms. The molecule has 1 N–H and O–H groups in total. The van der Waals surface area contributed by atoms with Gasteiger partial charge in [-0.25, -0.2) is 0 Å². The second-order valence-corrected chi connectivity index (χ2v) is 8.34. The number of carbonyl (C=O) groups excluding carboxylic acids is 2. The summed E-state index contributed by atoms with van der Waals surface area (Å²) in [6.45, 7) is 2.17. The molecular formula is C25H24N2O3S. The highest BCUT2D eigenvalue weighted by Gasteiger charge is 2.25. The van der Waals surface area contributed by atoms with Gasteiger partial charge in [0.25, 0.3) is 5.91 Å². The highest BCUT2D eigenvalue weighted by molar-refractivity contribution is 8.00. The Balaban J connectivity index is 1.58. The van der Waals surface area contributed by atoms with Crippen molar-refractivity contribution < 1.29 is 14.3 Å². The van der Waals surface area contributed by atoms with Gasteiger partial charge in [0, 0.05) is 18.0 Å². The first-order valence-corrected chi connectivity index (χ1v) is 11.1. The molecular weight excluding hydrogens is 408 g/mol. The van der Waals surface area contributed by atoms with E-state index in [0.29, 0.717) is 37.6 Å². The monoisotopic (exact) mass is 432 g/mol. The summed E-state index contributed by atoms with van der Waals surface area (Å²) in [6.07, 6.45) is 0. The number of rotatable bonds is 6. The molecule has 0 spiro atoms. The van der Waals surface area contributed by atoms with Gasteiger partial charge in [-0.1, -0.05) is 60.7 Å². The van der Waals surface area contributed by atoms with Crippen molar-refractivity contribution in [1.29, 1.82) is 0 Å². The molecule has 0 radical (unpaired) electrons. The van der Waals surface area contributed by atoms with Crippen LogP contribution in [0, 0.1) is 0 Å². The van der Waals surface area contributed by atoms with E-state index < -0.39 is 5.25 Å². The van der Waals surface area contributed by atoms with Crippen LogP contribution >= 0.6 is 11.8 Å². The molecule has 1 atom stereocenters. The quantitative estimate of drug-likeness (QED) is 0.577. The van der Waals surface area contributed by atoms with Gasteiger partial charge < -0.3 is 15.0 Å². The zero-order valence-electron chi connectivity index (χ0n) is 17.1. The SMILES string of the molecule is O=C(Nc1ccccc1C(=O)N1CCOCC1)[C@H](Sc1ccccc1)c1ccccc1. The Morgan fingerprint density at radius 1 is 0.839 bits per heavy atom. The van der Waals surface area contributed by atoms with Crippen LogP contribution in [0.2, 0.25) is 0 Å². The van der Waals surface area contributed by atoms with Crippen molar-refractivity contribution in [1.82, 2.24) is 4.90 Å². The van der Waals surface area contributed by atoms with Gasteiger partial charge in [-0.15, -0.1) is 11.8 Å². The topological polar surface area (TPSA) is 58.6 Å². The summed E-state index contributed by atoms with van der Waals surface area (Å²) in [6, 6.07) is 26.7. The van der Waals surface area contributed by atoms with Crippen molar-refractivity contribution in [3.8, 4) is 0 Å². The number of ether oxygens (including phenoxy) is 1. The molecule has 1 fully saturated rings. The first kappa shape index (κ1) is 21.2. The Bertz CT molecular complexity index is 1020. The van der Waals surface area contributed by atoms with Gasteiger partial charge in [0.05, 0.1) is 24.5 Å². The first-order chi connectivity index (χ1) is 15.2. The van der Waals surface area contributed by atoms with Crippen LogP contribution in [0.4, 0.5) is 5.69 Å². The average Bonchev–Trinajstić information content (AvgIpc) is 2.84. The minimum atomic E-state index is -0.449. The number of anilines is 1. The lowest BCUT2D eigenvalue weighted by Crippen LogP contribution is -2.41. The molecule has 1 saturated heterocycles. The highest BCUT2D eigenvalue weighted by Crippen LogP contribution is 2.36. The summed E-state index contributed by atoms with van der Waals surface area (Å²) in [7, 11) is 0. The molecule has 0 saturated carbocycles. The van der Waals surface area contributed by atoms with E-state index in [1.165, 1.54) is 11.8 Å². The zero-order valence-corrected chi connectivity index (χ0v) is 17.9. The molecule has 0 aliphatic carbocycles. The summed E-state index contributed by atoms with van der Waals surface area (Å²) in [5.41, 5.74) is 1.93. The van der Waals surface area contributed by atoms with E-state index in [0.717, 1.165) is 10.5 Å². The van der Waals surface area contributed by atoms with Gasteiger partial charge >= 0.3 is 0 Å². The summed E-state index contributed by atoms with van der Waals surface area (Å²) in [4.78, 5) is 29.2. The van der Waals surface area contributed by atoms with Gasteiger partial charge in [-0.05, 0) is 29.8 Å². The van der Waals surface area contributed by atoms with E-state index in [2.05, 4.69) is 5.32 Å². The minimum Gasteiger partial charge on any atom is -0.378 e. The second kappa shape index (κ2) is 10.3. The predicted octanol–water partition coefficient (Wildman–Crippen LogP) is 4.63. The van der Waals surface area contributed by atoms with E-state index in [4.69, 9.17) is 4.74 Å². The van der Waals surface area contributed by atoms with Gasteiger partial charge in [0.15, 0.2) is 0 Å². The third kappa shape index (κ3) is 5.34. The smallest absolute Gasteiger partial charge is 0.256 e. The van der Waals surface area contributed by atoms with Crippen molar-refractivity contribution in [3.05, 3.63) is 96.1 Å². The fourth-order valence-corrected chi connectivity index (χ4v) is 4.50. The third-order valence-electron chi connectivity index (χ3n) is 5.05. The molecule has 5 nitrogen and oxygen atoms in total. The summed E-state index contributed by atoms with van der Waals surface area (Å²) in [5.74, 6) is -0.256. The summed E-state index contributed by atoms with van der Waals surface area (Å²) >= 11 is 1.49. The molecule has 4 rings (SSSR count). The molecule has 3 aromatic rings. The van der Waals surface area contributed by atoms with E-state index >= 15 is 0 Å². The molecule has 158 valence electrons. The molecule has 2 amide bonds. The molecule has 1 heterocycles. The number of hydrogen-bond donors (Lipinski definition) is 1. The molecule has 6 heteroatoms. The van der Waals surface area contributed by atoms with Gasteiger partial charge in [-0.3, -0.25) is 9.59 Å². The van der Waals surface area contributed by atoms with E-state index in [9.17, 15) is 9.59 Å². The normalized spacial score (nSPS) is 14.6. The van der Waals surface area contributed by atoms with E-state index in [1.54, 1.807) is 17.0 Å². The van der Waals surface area contributed by atoms with E-state index in [1.807, 2.05) is 72.8 Å². The maximum atomic E-state index is 13.4. The lowest BCUT2D eigenvalue weighted by Gasteiger charge is -2.27. The molecule has 1 aliphatic heterocycles. The number of para-hydroxylation sites is 1. The lowest BCUT2D eigenvalue weighted by molar-refractivity contribution is -0.115. The number of morpholine rings is 1. The Labute approximate surface area is 186 Å². The van der Waals surface area contributed by atoms with Gasteiger partial charge in [0.1, 0.15) is 5.25 Å². The number of hydrogen-bond acceptors (Lipinski definition) is 4. The van der Waals surface area contributed by atoms with Crippen LogP contribution in [-0.4, -0.2) is 43.0 Å². The van der Waals surface area contributed by atoms with Crippen LogP contribution in [0.1, 0.15) is 21.2 Å². The molecule has 0 unspecified atom stereocenters. The van der Waals surface area contributed by atoms with Crippen molar-refractivity contribution in [2.75, 3.05) is 31.6 Å². The number of nitrogens with one attached hydrogen (secondary N) is 1.